The van der Waals surface area contributed by atoms with Crippen LogP contribution in [0.3, 0.4) is 0 Å². The molecule has 0 aromatic carbocycles. The molecule has 8 heteroatoms. The van der Waals surface area contributed by atoms with Gasteiger partial charge in [-0.2, -0.15) is 0 Å². The minimum Gasteiger partial charge on any atom is -0.341 e. The second kappa shape index (κ2) is 6.45. The van der Waals surface area contributed by atoms with Crippen molar-refractivity contribution in [2.45, 2.75) is 43.4 Å². The van der Waals surface area contributed by atoms with Crippen molar-refractivity contribution < 1.29 is 9.59 Å². The van der Waals surface area contributed by atoms with Gasteiger partial charge in [-0.1, -0.05) is 11.8 Å². The van der Waals surface area contributed by atoms with Crippen molar-refractivity contribution in [3.05, 3.63) is 16.3 Å². The number of nitrogens with zero attached hydrogens (tertiary/aromatic N) is 2. The second-order valence-electron chi connectivity index (χ2n) is 5.44. The van der Waals surface area contributed by atoms with Crippen molar-refractivity contribution in [2.75, 3.05) is 7.05 Å². The zero-order chi connectivity index (χ0) is 16.6. The Morgan fingerprint density at radius 3 is 2.83 bits per heavy atom. The Morgan fingerprint density at radius 1 is 1.30 bits per heavy atom. The smallest absolute Gasteiger partial charge is 0.321 e. The summed E-state index contributed by atoms with van der Waals surface area (Å²) in [5.41, 5.74) is 1.34. The van der Waals surface area contributed by atoms with Gasteiger partial charge in [0.15, 0.2) is 0 Å². The zero-order valence-corrected chi connectivity index (χ0v) is 14.9. The van der Waals surface area contributed by atoms with E-state index in [1.54, 1.807) is 18.3 Å². The van der Waals surface area contributed by atoms with Crippen molar-refractivity contribution in [3.63, 3.8) is 0 Å². The zero-order valence-electron chi connectivity index (χ0n) is 13.2. The fourth-order valence-corrected chi connectivity index (χ4v) is 5.04. The molecular weight excluding hydrogens is 332 g/mol. The highest BCUT2D eigenvalue weighted by Crippen LogP contribution is 2.41. The Kier molecular flexibility index (Phi) is 4.54. The highest BCUT2D eigenvalue weighted by molar-refractivity contribution is 8.00. The van der Waals surface area contributed by atoms with Crippen molar-refractivity contribution in [1.82, 2.24) is 20.6 Å². The van der Waals surface area contributed by atoms with Crippen LogP contribution in [0.1, 0.15) is 29.6 Å². The maximum absolute atomic E-state index is 12.1. The Bertz CT molecular complexity index is 787. The van der Waals surface area contributed by atoms with Crippen LogP contribution >= 0.6 is 23.1 Å². The summed E-state index contributed by atoms with van der Waals surface area (Å²) in [4.78, 5) is 34.8. The highest BCUT2D eigenvalue weighted by Gasteiger charge is 2.24. The third kappa shape index (κ3) is 3.18. The van der Waals surface area contributed by atoms with E-state index < -0.39 is 11.3 Å². The molecule has 0 bridgehead atoms. The van der Waals surface area contributed by atoms with Gasteiger partial charge in [0, 0.05) is 17.3 Å². The van der Waals surface area contributed by atoms with Gasteiger partial charge >= 0.3 is 6.03 Å². The van der Waals surface area contributed by atoms with E-state index in [2.05, 4.69) is 20.6 Å². The molecule has 122 valence electrons. The molecule has 1 aliphatic rings. The Balaban J connectivity index is 1.90. The lowest BCUT2D eigenvalue weighted by Crippen LogP contribution is -2.41. The summed E-state index contributed by atoms with van der Waals surface area (Å²) in [6.07, 6.45) is 3.32. The van der Waals surface area contributed by atoms with Crippen molar-refractivity contribution in [3.8, 4) is 0 Å². The van der Waals surface area contributed by atoms with Crippen LogP contribution in [-0.4, -0.2) is 34.2 Å². The maximum atomic E-state index is 12.1. The molecule has 23 heavy (non-hydrogen) atoms. The summed E-state index contributed by atoms with van der Waals surface area (Å²) in [5.74, 6) is 0.379. The molecule has 2 heterocycles. The Hall–Kier alpha value is -1.67. The molecule has 0 aliphatic heterocycles. The number of thioether (sulfide) groups is 1. The normalized spacial score (nSPS) is 14.6. The first kappa shape index (κ1) is 16.2. The minimum atomic E-state index is -0.497. The van der Waals surface area contributed by atoms with Gasteiger partial charge in [-0.05, 0) is 38.7 Å². The number of imide groups is 1. The molecule has 3 rings (SSSR count). The fourth-order valence-electron chi connectivity index (χ4n) is 2.65. The molecule has 0 spiro atoms. The molecular formula is C15H18N4O2S2. The summed E-state index contributed by atoms with van der Waals surface area (Å²) in [5, 5.41) is 6.21. The molecule has 1 aliphatic carbocycles. The first-order valence-electron chi connectivity index (χ1n) is 7.47. The summed E-state index contributed by atoms with van der Waals surface area (Å²) in [6, 6.07) is -0.497. The number of rotatable bonds is 3. The van der Waals surface area contributed by atoms with Crippen LogP contribution in [0.5, 0.6) is 0 Å². The van der Waals surface area contributed by atoms with E-state index in [0.29, 0.717) is 5.82 Å². The molecule has 0 saturated heterocycles. The lowest BCUT2D eigenvalue weighted by atomic mass is 10.2. The number of fused-ring (bicyclic) bond motifs is 3. The van der Waals surface area contributed by atoms with Gasteiger partial charge in [-0.25, -0.2) is 14.8 Å². The standard InChI is InChI=1S/C15H18N4O2S2/c1-7(12(20)19-15(21)16-3)22-13-11-9-5-4-6-10(9)23-14(11)18-8(2)17-13/h7H,4-6H2,1-3H3,(H2,16,19,20,21)/t7-/m0/s1. The molecule has 6 nitrogen and oxygen atoms in total. The van der Waals surface area contributed by atoms with Crippen molar-refractivity contribution in [1.29, 1.82) is 0 Å². The number of nitrogens with one attached hydrogen (secondary N) is 2. The number of aryl methyl sites for hydroxylation is 3. The molecule has 0 fully saturated rings. The first-order valence-corrected chi connectivity index (χ1v) is 9.17. The molecule has 2 aromatic heterocycles. The molecule has 1 atom stereocenters. The summed E-state index contributed by atoms with van der Waals surface area (Å²) in [7, 11) is 1.48. The Morgan fingerprint density at radius 2 is 2.09 bits per heavy atom. The average Bonchev–Trinajstić information content (AvgIpc) is 3.06. The van der Waals surface area contributed by atoms with E-state index in [4.69, 9.17) is 0 Å². The van der Waals surface area contributed by atoms with Crippen LogP contribution in [0.4, 0.5) is 4.79 Å². The van der Waals surface area contributed by atoms with E-state index in [1.165, 1.54) is 35.7 Å². The SMILES string of the molecule is CNC(=O)NC(=O)[C@H](C)Sc1nc(C)nc2sc3c(c12)CCC3. The third-order valence-electron chi connectivity index (χ3n) is 3.76. The lowest BCUT2D eigenvalue weighted by Gasteiger charge is -2.12. The molecule has 0 unspecified atom stereocenters. The second-order valence-corrected chi connectivity index (χ2v) is 7.86. The third-order valence-corrected chi connectivity index (χ3v) is 6.04. The average molecular weight is 350 g/mol. The largest absolute Gasteiger partial charge is 0.341 e. The van der Waals surface area contributed by atoms with Gasteiger partial charge in [-0.3, -0.25) is 10.1 Å². The quantitative estimate of drug-likeness (QED) is 0.656. The number of carbonyl (C=O) groups excluding carboxylic acids is 2. The molecule has 2 aromatic rings. The van der Waals surface area contributed by atoms with E-state index in [1.807, 2.05) is 6.92 Å². The van der Waals surface area contributed by atoms with Gasteiger partial charge in [0.1, 0.15) is 15.7 Å². The topological polar surface area (TPSA) is 84.0 Å². The van der Waals surface area contributed by atoms with Crippen LogP contribution in [-0.2, 0) is 17.6 Å². The van der Waals surface area contributed by atoms with Gasteiger partial charge in [-0.15, -0.1) is 11.3 Å². The van der Waals surface area contributed by atoms with E-state index in [9.17, 15) is 9.59 Å². The van der Waals surface area contributed by atoms with E-state index in [0.717, 1.165) is 28.1 Å². The van der Waals surface area contributed by atoms with Crippen LogP contribution in [0.25, 0.3) is 10.2 Å². The van der Waals surface area contributed by atoms with Gasteiger partial charge in [0.25, 0.3) is 0 Å². The molecule has 3 amide bonds. The first-order chi connectivity index (χ1) is 11.0. The fraction of sp³-hybridized carbons (Fsp3) is 0.467. The number of amides is 3. The van der Waals surface area contributed by atoms with Crippen LogP contribution < -0.4 is 10.6 Å². The number of carbonyl (C=O) groups is 2. The monoisotopic (exact) mass is 350 g/mol. The van der Waals surface area contributed by atoms with Crippen LogP contribution in [0, 0.1) is 6.92 Å². The number of thiophene rings is 1. The van der Waals surface area contributed by atoms with Gasteiger partial charge in [0.05, 0.1) is 5.25 Å². The van der Waals surface area contributed by atoms with Gasteiger partial charge < -0.3 is 5.32 Å². The Labute approximate surface area is 142 Å². The van der Waals surface area contributed by atoms with Gasteiger partial charge in [0.2, 0.25) is 5.91 Å². The van der Waals surface area contributed by atoms with Crippen LogP contribution in [0.2, 0.25) is 0 Å². The summed E-state index contributed by atoms with van der Waals surface area (Å²) >= 11 is 3.12. The number of urea groups is 1. The number of hydrogen-bond donors (Lipinski definition) is 2. The molecule has 0 radical (unpaired) electrons. The lowest BCUT2D eigenvalue weighted by molar-refractivity contribution is -0.119. The maximum Gasteiger partial charge on any atom is 0.321 e. The van der Waals surface area contributed by atoms with Crippen molar-refractivity contribution in [2.24, 2.45) is 0 Å². The van der Waals surface area contributed by atoms with Crippen molar-refractivity contribution >= 4 is 45.3 Å². The molecule has 2 N–H and O–H groups in total. The summed E-state index contributed by atoms with van der Waals surface area (Å²) in [6.45, 7) is 3.64. The van der Waals surface area contributed by atoms with Crippen LogP contribution in [0.15, 0.2) is 5.03 Å². The predicted octanol–water partition coefficient (Wildman–Crippen LogP) is 2.42. The highest BCUT2D eigenvalue weighted by atomic mass is 32.2. The minimum absolute atomic E-state index is 0.328. The predicted molar refractivity (Wildman–Crippen MR) is 92.1 cm³/mol. The number of aromatic nitrogens is 2. The summed E-state index contributed by atoms with van der Waals surface area (Å²) < 4.78 is 0. The molecule has 0 saturated carbocycles. The van der Waals surface area contributed by atoms with E-state index in [-0.39, 0.29) is 5.91 Å². The number of hydrogen-bond acceptors (Lipinski definition) is 6. The van der Waals surface area contributed by atoms with E-state index >= 15 is 0 Å².